The molecule has 0 aliphatic rings. The molecule has 0 fully saturated rings. The number of hydrogen-bond acceptors (Lipinski definition) is 4. The van der Waals surface area contributed by atoms with Crippen LogP contribution in [0.15, 0.2) is 46.0 Å². The van der Waals surface area contributed by atoms with E-state index < -0.39 is 20.7 Å². The van der Waals surface area contributed by atoms with Crippen molar-refractivity contribution in [2.24, 2.45) is 0 Å². The second kappa shape index (κ2) is 5.37. The Balaban J connectivity index is 2.57. The van der Waals surface area contributed by atoms with Crippen molar-refractivity contribution in [3.8, 4) is 0 Å². The van der Waals surface area contributed by atoms with Crippen LogP contribution in [0.4, 0.5) is 15.8 Å². The molecule has 0 amide bonds. The van der Waals surface area contributed by atoms with Crippen molar-refractivity contribution in [3.63, 3.8) is 0 Å². The van der Waals surface area contributed by atoms with Crippen LogP contribution < -0.4 is 10.0 Å². The van der Waals surface area contributed by atoms with Gasteiger partial charge in [0, 0.05) is 18.9 Å². The molecule has 2 N–H and O–H groups in total. The molecule has 0 bridgehead atoms. The first-order valence-electron chi connectivity index (χ1n) is 5.47. The highest BCUT2D eigenvalue weighted by molar-refractivity contribution is 9.10. The van der Waals surface area contributed by atoms with Gasteiger partial charge in [0.05, 0.1) is 16.4 Å². The van der Waals surface area contributed by atoms with Gasteiger partial charge >= 0.3 is 0 Å². The fourth-order valence-electron chi connectivity index (χ4n) is 1.60. The Bertz CT molecular complexity index is 738. The molecule has 0 saturated carbocycles. The third-order valence-corrected chi connectivity index (χ3v) is 5.03. The van der Waals surface area contributed by atoms with Gasteiger partial charge in [0.1, 0.15) is 4.90 Å². The molecule has 0 atom stereocenters. The monoisotopic (exact) mass is 359 g/mol. The lowest BCUT2D eigenvalue weighted by Crippen LogP contribution is -2.27. The highest BCUT2D eigenvalue weighted by Crippen LogP contribution is 2.29. The van der Waals surface area contributed by atoms with Gasteiger partial charge in [0.2, 0.25) is 0 Å². The highest BCUT2D eigenvalue weighted by atomic mass is 79.9. The molecule has 2 aromatic rings. The third kappa shape index (κ3) is 2.61. The average Bonchev–Trinajstić information content (AvgIpc) is 2.42. The van der Waals surface area contributed by atoms with Crippen molar-refractivity contribution in [2.75, 3.05) is 17.1 Å². The molecule has 1 aromatic carbocycles. The van der Waals surface area contributed by atoms with E-state index in [0.29, 0.717) is 5.69 Å². The van der Waals surface area contributed by atoms with E-state index in [0.717, 1.165) is 10.4 Å². The predicted octanol–water partition coefficient (Wildman–Crippen LogP) is 2.39. The van der Waals surface area contributed by atoms with E-state index in [1.165, 1.54) is 25.5 Å². The number of anilines is 2. The SMILES string of the molecule is CN(c1cccnc1)S(=O)(=O)c1cc(N)cc(Br)c1F. The van der Waals surface area contributed by atoms with Crippen molar-refractivity contribution < 1.29 is 12.8 Å². The summed E-state index contributed by atoms with van der Waals surface area (Å²) in [5, 5.41) is 0. The largest absolute Gasteiger partial charge is 0.399 e. The van der Waals surface area contributed by atoms with E-state index in [4.69, 9.17) is 5.73 Å². The first-order chi connectivity index (χ1) is 9.34. The summed E-state index contributed by atoms with van der Waals surface area (Å²) < 4.78 is 39.9. The predicted molar refractivity (Wildman–Crippen MR) is 78.3 cm³/mol. The number of pyridine rings is 1. The molecule has 0 saturated heterocycles. The normalized spacial score (nSPS) is 11.3. The molecule has 0 spiro atoms. The Morgan fingerprint density at radius 1 is 1.40 bits per heavy atom. The van der Waals surface area contributed by atoms with Gasteiger partial charge in [-0.1, -0.05) is 0 Å². The molecule has 0 unspecified atom stereocenters. The Morgan fingerprint density at radius 3 is 2.70 bits per heavy atom. The molecule has 1 heterocycles. The Labute approximate surface area is 124 Å². The fourth-order valence-corrected chi connectivity index (χ4v) is 3.51. The van der Waals surface area contributed by atoms with E-state index in [9.17, 15) is 12.8 Å². The van der Waals surface area contributed by atoms with Crippen molar-refractivity contribution in [1.29, 1.82) is 0 Å². The van der Waals surface area contributed by atoms with Gasteiger partial charge in [-0.05, 0) is 40.2 Å². The molecule has 20 heavy (non-hydrogen) atoms. The summed E-state index contributed by atoms with van der Waals surface area (Å²) in [7, 11) is -2.74. The Hall–Kier alpha value is -1.67. The number of nitrogens with zero attached hydrogens (tertiary/aromatic N) is 2. The van der Waals surface area contributed by atoms with Crippen molar-refractivity contribution >= 4 is 37.3 Å². The zero-order valence-corrected chi connectivity index (χ0v) is 12.8. The molecule has 1 aromatic heterocycles. The summed E-state index contributed by atoms with van der Waals surface area (Å²) in [5.41, 5.74) is 6.05. The number of benzene rings is 1. The van der Waals surface area contributed by atoms with Gasteiger partial charge in [-0.25, -0.2) is 12.8 Å². The van der Waals surface area contributed by atoms with Crippen LogP contribution in [0, 0.1) is 5.82 Å². The van der Waals surface area contributed by atoms with E-state index in [-0.39, 0.29) is 10.2 Å². The number of nitrogens with two attached hydrogens (primary N) is 1. The molecule has 2 rings (SSSR count). The minimum atomic E-state index is -4.06. The van der Waals surface area contributed by atoms with Crippen molar-refractivity contribution in [1.82, 2.24) is 4.98 Å². The molecular weight excluding hydrogens is 349 g/mol. The number of sulfonamides is 1. The van der Waals surface area contributed by atoms with Gasteiger partial charge < -0.3 is 5.73 Å². The molecule has 0 radical (unpaired) electrons. The Morgan fingerprint density at radius 2 is 2.10 bits per heavy atom. The zero-order valence-electron chi connectivity index (χ0n) is 10.4. The fraction of sp³-hybridized carbons (Fsp3) is 0.0833. The van der Waals surface area contributed by atoms with E-state index in [1.54, 1.807) is 12.1 Å². The maximum Gasteiger partial charge on any atom is 0.267 e. The van der Waals surface area contributed by atoms with Crippen LogP contribution in [-0.2, 0) is 10.0 Å². The van der Waals surface area contributed by atoms with Crippen molar-refractivity contribution in [3.05, 3.63) is 46.9 Å². The summed E-state index contributed by atoms with van der Waals surface area (Å²) in [4.78, 5) is 3.35. The molecule has 0 aliphatic heterocycles. The van der Waals surface area contributed by atoms with Gasteiger partial charge in [0.15, 0.2) is 5.82 Å². The lowest BCUT2D eigenvalue weighted by atomic mass is 10.3. The smallest absolute Gasteiger partial charge is 0.267 e. The maximum absolute atomic E-state index is 14.0. The second-order valence-electron chi connectivity index (χ2n) is 4.00. The minimum absolute atomic E-state index is 0.00402. The summed E-state index contributed by atoms with van der Waals surface area (Å²) in [6.07, 6.45) is 2.89. The van der Waals surface area contributed by atoms with Crippen LogP contribution in [0.3, 0.4) is 0 Å². The molecule has 8 heteroatoms. The number of aromatic nitrogens is 1. The van der Waals surface area contributed by atoms with E-state index in [1.807, 2.05) is 0 Å². The van der Waals surface area contributed by atoms with Gasteiger partial charge in [-0.3, -0.25) is 9.29 Å². The minimum Gasteiger partial charge on any atom is -0.399 e. The summed E-state index contributed by atoms with van der Waals surface area (Å²) in [6.45, 7) is 0. The summed E-state index contributed by atoms with van der Waals surface area (Å²) >= 11 is 2.94. The van der Waals surface area contributed by atoms with E-state index >= 15 is 0 Å². The second-order valence-corrected chi connectivity index (χ2v) is 6.79. The van der Waals surface area contributed by atoms with Crippen LogP contribution in [-0.4, -0.2) is 20.4 Å². The topological polar surface area (TPSA) is 76.3 Å². The molecule has 5 nitrogen and oxygen atoms in total. The van der Waals surface area contributed by atoms with Crippen LogP contribution >= 0.6 is 15.9 Å². The lowest BCUT2D eigenvalue weighted by Gasteiger charge is -2.19. The molecule has 0 aliphatic carbocycles. The standard InChI is InChI=1S/C12H11BrFN3O2S/c1-17(9-3-2-4-16-7-9)20(18,19)11-6-8(15)5-10(13)12(11)14/h2-7H,15H2,1H3. The van der Waals surface area contributed by atoms with Crippen LogP contribution in [0.25, 0.3) is 0 Å². The van der Waals surface area contributed by atoms with Gasteiger partial charge in [-0.2, -0.15) is 0 Å². The number of hydrogen-bond donors (Lipinski definition) is 1. The van der Waals surface area contributed by atoms with Crippen LogP contribution in [0.1, 0.15) is 0 Å². The number of halogens is 2. The summed E-state index contributed by atoms with van der Waals surface area (Å²) in [6, 6.07) is 5.54. The zero-order chi connectivity index (χ0) is 14.9. The number of rotatable bonds is 3. The Kier molecular flexibility index (Phi) is 3.96. The third-order valence-electron chi connectivity index (χ3n) is 2.67. The molecule has 106 valence electrons. The number of nitrogen functional groups attached to an aromatic ring is 1. The van der Waals surface area contributed by atoms with Crippen LogP contribution in [0.5, 0.6) is 0 Å². The van der Waals surface area contributed by atoms with Gasteiger partial charge in [0.25, 0.3) is 10.0 Å². The van der Waals surface area contributed by atoms with Crippen molar-refractivity contribution in [2.45, 2.75) is 4.90 Å². The first-order valence-corrected chi connectivity index (χ1v) is 7.71. The average molecular weight is 360 g/mol. The maximum atomic E-state index is 14.0. The van der Waals surface area contributed by atoms with E-state index in [2.05, 4.69) is 20.9 Å². The van der Waals surface area contributed by atoms with Crippen LogP contribution in [0.2, 0.25) is 0 Å². The quantitative estimate of drug-likeness (QED) is 0.853. The molecular formula is C12H11BrFN3O2S. The van der Waals surface area contributed by atoms with Gasteiger partial charge in [-0.15, -0.1) is 0 Å². The first kappa shape index (κ1) is 14.7. The summed E-state index contributed by atoms with van der Waals surface area (Å²) in [5.74, 6) is -0.880. The lowest BCUT2D eigenvalue weighted by molar-refractivity contribution is 0.562. The highest BCUT2D eigenvalue weighted by Gasteiger charge is 2.26.